The first-order valence-corrected chi connectivity index (χ1v) is 9.41. The Balaban J connectivity index is 0.000000583. The van der Waals surface area contributed by atoms with Gasteiger partial charge in [0.1, 0.15) is 11.4 Å². The Morgan fingerprint density at radius 2 is 1.87 bits per heavy atom. The van der Waals surface area contributed by atoms with Gasteiger partial charge in [0, 0.05) is 6.21 Å². The molecule has 15 heavy (non-hydrogen) atoms. The van der Waals surface area contributed by atoms with Crippen LogP contribution in [0.5, 0.6) is 5.75 Å². The number of aliphatic imine (C=N–C) groups is 1. The average molecular weight is 330 g/mol. The summed E-state index contributed by atoms with van der Waals surface area (Å²) < 4.78 is 0. The minimum absolute atomic E-state index is 0.277. The van der Waals surface area contributed by atoms with Crippen molar-refractivity contribution in [3.63, 3.8) is 0 Å². The molecule has 0 amide bonds. The topological polar surface area (TPSA) is 32.6 Å². The predicted molar refractivity (Wildman–Crippen MR) is 63.1 cm³/mol. The van der Waals surface area contributed by atoms with E-state index < -0.39 is 16.5 Å². The molecule has 0 aromatic heterocycles. The van der Waals surface area contributed by atoms with Crippen molar-refractivity contribution in [1.29, 1.82) is 0 Å². The van der Waals surface area contributed by atoms with E-state index in [2.05, 4.69) is 4.99 Å². The second kappa shape index (κ2) is 8.15. The molecule has 0 aliphatic carbocycles. The van der Waals surface area contributed by atoms with Gasteiger partial charge in [0.05, 0.1) is 0 Å². The van der Waals surface area contributed by atoms with Crippen molar-refractivity contribution in [2.45, 2.75) is 20.8 Å². The second-order valence-electron chi connectivity index (χ2n) is 2.90. The van der Waals surface area contributed by atoms with E-state index in [1.165, 1.54) is 0 Å². The van der Waals surface area contributed by atoms with Crippen molar-refractivity contribution >= 4 is 30.7 Å². The van der Waals surface area contributed by atoms with Gasteiger partial charge in [-0.2, -0.15) is 0 Å². The summed E-state index contributed by atoms with van der Waals surface area (Å²) in [7, 11) is 9.79. The van der Waals surface area contributed by atoms with Gasteiger partial charge in [-0.05, 0) is 38.0 Å². The van der Waals surface area contributed by atoms with Gasteiger partial charge in [-0.15, -0.1) is 0 Å². The van der Waals surface area contributed by atoms with Gasteiger partial charge in [0.15, 0.2) is 0 Å². The van der Waals surface area contributed by atoms with Crippen molar-refractivity contribution < 1.29 is 21.6 Å². The molecular weight excluding hydrogens is 317 g/mol. The summed E-state index contributed by atoms with van der Waals surface area (Å²) in [6.07, 6.45) is 1.67. The molecule has 5 heteroatoms. The van der Waals surface area contributed by atoms with E-state index in [0.717, 1.165) is 11.1 Å². The van der Waals surface area contributed by atoms with Crippen molar-refractivity contribution in [3.05, 3.63) is 23.3 Å². The molecule has 0 bridgehead atoms. The third kappa shape index (κ3) is 5.55. The Morgan fingerprint density at radius 1 is 1.33 bits per heavy atom. The SMILES string of the molecule is CC=Nc1cc(C)cc(C)c1O.[Cl][Mo][Cl]. The van der Waals surface area contributed by atoms with Gasteiger partial charge in [0.2, 0.25) is 0 Å². The number of aromatic hydroxyl groups is 1. The molecule has 0 aliphatic rings. The number of halogens is 2. The van der Waals surface area contributed by atoms with Gasteiger partial charge in [-0.25, -0.2) is 0 Å². The van der Waals surface area contributed by atoms with E-state index in [1.54, 1.807) is 6.21 Å². The molecule has 0 unspecified atom stereocenters. The molecule has 0 saturated carbocycles. The standard InChI is InChI=1S/C10H13NO.2ClH.Mo/c1-4-11-9-6-7(2)5-8(3)10(9)12;;;/h4-6,12H,1-3H3;2*1H;/q;;;+2/p-2. The summed E-state index contributed by atoms with van der Waals surface area (Å²) in [5.74, 6) is 0.277. The molecule has 0 radical (unpaired) electrons. The number of hydrogen-bond acceptors (Lipinski definition) is 2. The van der Waals surface area contributed by atoms with Gasteiger partial charge >= 0.3 is 35.3 Å². The summed E-state index contributed by atoms with van der Waals surface area (Å²) >= 11 is -0.586. The molecule has 0 saturated heterocycles. The molecule has 1 aromatic carbocycles. The van der Waals surface area contributed by atoms with E-state index in [4.69, 9.17) is 18.8 Å². The molecule has 1 aromatic rings. The average Bonchev–Trinajstić information content (AvgIpc) is 2.15. The fourth-order valence-electron chi connectivity index (χ4n) is 1.18. The number of phenols is 1. The summed E-state index contributed by atoms with van der Waals surface area (Å²) in [6, 6.07) is 3.80. The van der Waals surface area contributed by atoms with Crippen LogP contribution in [0.2, 0.25) is 0 Å². The van der Waals surface area contributed by atoms with Crippen molar-refractivity contribution in [2.24, 2.45) is 4.99 Å². The maximum absolute atomic E-state index is 9.54. The van der Waals surface area contributed by atoms with E-state index in [0.29, 0.717) is 5.69 Å². The number of aryl methyl sites for hydroxylation is 2. The first-order chi connectivity index (χ1) is 7.06. The summed E-state index contributed by atoms with van der Waals surface area (Å²) in [6.45, 7) is 5.69. The number of phenolic OH excluding ortho intramolecular Hbond substituents is 1. The first-order valence-electron chi connectivity index (χ1n) is 4.25. The van der Waals surface area contributed by atoms with Gasteiger partial charge in [-0.3, -0.25) is 4.99 Å². The molecule has 0 heterocycles. The van der Waals surface area contributed by atoms with Crippen LogP contribution >= 0.6 is 18.8 Å². The van der Waals surface area contributed by atoms with E-state index in [9.17, 15) is 5.11 Å². The van der Waals surface area contributed by atoms with Crippen molar-refractivity contribution in [1.82, 2.24) is 0 Å². The van der Waals surface area contributed by atoms with Crippen LogP contribution in [0, 0.1) is 13.8 Å². The zero-order valence-electron chi connectivity index (χ0n) is 8.79. The molecule has 84 valence electrons. The monoisotopic (exact) mass is 331 g/mol. The molecule has 0 fully saturated rings. The summed E-state index contributed by atoms with van der Waals surface area (Å²) in [5, 5.41) is 9.54. The van der Waals surface area contributed by atoms with Gasteiger partial charge in [0.25, 0.3) is 0 Å². The van der Waals surface area contributed by atoms with Crippen LogP contribution in [0.4, 0.5) is 5.69 Å². The molecule has 2 nitrogen and oxygen atoms in total. The Morgan fingerprint density at radius 3 is 2.33 bits per heavy atom. The normalized spacial score (nSPS) is 9.93. The minimum atomic E-state index is -0.586. The number of hydrogen-bond donors (Lipinski definition) is 1. The van der Waals surface area contributed by atoms with Crippen LogP contribution < -0.4 is 0 Å². The zero-order valence-corrected chi connectivity index (χ0v) is 12.3. The van der Waals surface area contributed by atoms with Crippen LogP contribution in [0.15, 0.2) is 17.1 Å². The van der Waals surface area contributed by atoms with Crippen molar-refractivity contribution in [3.8, 4) is 5.75 Å². The van der Waals surface area contributed by atoms with E-state index in [1.807, 2.05) is 32.9 Å². The quantitative estimate of drug-likeness (QED) is 0.610. The molecule has 0 spiro atoms. The van der Waals surface area contributed by atoms with Crippen molar-refractivity contribution in [2.75, 3.05) is 0 Å². The Bertz CT molecular complexity index is 342. The van der Waals surface area contributed by atoms with Gasteiger partial charge in [-0.1, -0.05) is 6.07 Å². The van der Waals surface area contributed by atoms with Crippen LogP contribution in [0.25, 0.3) is 0 Å². The van der Waals surface area contributed by atoms with Gasteiger partial charge < -0.3 is 5.11 Å². The molecule has 0 atom stereocenters. The third-order valence-electron chi connectivity index (χ3n) is 1.69. The van der Waals surface area contributed by atoms with Crippen LogP contribution in [-0.2, 0) is 16.5 Å². The van der Waals surface area contributed by atoms with E-state index in [-0.39, 0.29) is 5.75 Å². The second-order valence-corrected chi connectivity index (χ2v) is 5.94. The number of nitrogens with zero attached hydrogens (tertiary/aromatic N) is 1. The first kappa shape index (κ1) is 15.0. The fourth-order valence-corrected chi connectivity index (χ4v) is 1.18. The predicted octanol–water partition coefficient (Wildman–Crippen LogP) is 4.11. The number of rotatable bonds is 1. The van der Waals surface area contributed by atoms with E-state index >= 15 is 0 Å². The summed E-state index contributed by atoms with van der Waals surface area (Å²) in [5.41, 5.74) is 2.64. The maximum atomic E-state index is 9.54. The Hall–Kier alpha value is -0.0417. The third-order valence-corrected chi connectivity index (χ3v) is 1.69. The van der Waals surface area contributed by atoms with Crippen LogP contribution in [0.1, 0.15) is 18.1 Å². The molecule has 1 N–H and O–H groups in total. The molecular formula is C10H13Cl2MoNO. The van der Waals surface area contributed by atoms with Crippen LogP contribution in [-0.4, -0.2) is 11.3 Å². The fraction of sp³-hybridized carbons (Fsp3) is 0.300. The Labute approximate surface area is 107 Å². The van der Waals surface area contributed by atoms with Crippen LogP contribution in [0.3, 0.4) is 0 Å². The number of benzene rings is 1. The summed E-state index contributed by atoms with van der Waals surface area (Å²) in [4.78, 5) is 4.05. The molecule has 1 rings (SSSR count). The molecule has 0 aliphatic heterocycles. The Kier molecular flexibility index (Phi) is 8.13. The zero-order chi connectivity index (χ0) is 11.8.